The van der Waals surface area contributed by atoms with Gasteiger partial charge in [-0.3, -0.25) is 0 Å². The maximum absolute atomic E-state index is 13.6. The molecule has 1 aromatic heterocycles. The molecule has 0 fully saturated rings. The Hall–Kier alpha value is -4.37. The summed E-state index contributed by atoms with van der Waals surface area (Å²) in [6, 6.07) is 25.6. The van der Waals surface area contributed by atoms with E-state index in [1.165, 1.54) is 12.1 Å². The van der Waals surface area contributed by atoms with Crippen LogP contribution in [0.3, 0.4) is 0 Å². The molecule has 4 aromatic rings. The number of aromatic nitrogens is 1. The number of ether oxygens (including phenoxy) is 1. The zero-order valence-electron chi connectivity index (χ0n) is 19.2. The predicted octanol–water partition coefficient (Wildman–Crippen LogP) is 6.41. The third-order valence-corrected chi connectivity index (χ3v) is 5.58. The molecular formula is C28H24FN3O2. The van der Waals surface area contributed by atoms with Crippen LogP contribution < -0.4 is 4.74 Å². The van der Waals surface area contributed by atoms with E-state index < -0.39 is 0 Å². The van der Waals surface area contributed by atoms with Crippen molar-refractivity contribution in [3.63, 3.8) is 0 Å². The van der Waals surface area contributed by atoms with Crippen LogP contribution in [-0.2, 0) is 11.4 Å². The van der Waals surface area contributed by atoms with Gasteiger partial charge < -0.3 is 14.1 Å². The molecule has 1 heterocycles. The van der Waals surface area contributed by atoms with E-state index in [2.05, 4.69) is 15.8 Å². The van der Waals surface area contributed by atoms with Crippen molar-refractivity contribution in [2.75, 3.05) is 7.11 Å². The quantitative estimate of drug-likeness (QED) is 0.240. The first-order chi connectivity index (χ1) is 16.5. The van der Waals surface area contributed by atoms with Gasteiger partial charge in [-0.15, -0.1) is 0 Å². The molecule has 34 heavy (non-hydrogen) atoms. The lowest BCUT2D eigenvalue weighted by Gasteiger charge is -2.13. The van der Waals surface area contributed by atoms with E-state index in [-0.39, 0.29) is 12.4 Å². The minimum absolute atomic E-state index is 0.257. The number of nitriles is 1. The molecule has 4 rings (SSSR count). The third-order valence-electron chi connectivity index (χ3n) is 5.58. The van der Waals surface area contributed by atoms with Crippen LogP contribution in [0.1, 0.15) is 29.3 Å². The fourth-order valence-corrected chi connectivity index (χ4v) is 3.87. The van der Waals surface area contributed by atoms with Crippen LogP contribution in [0.15, 0.2) is 84.0 Å². The lowest BCUT2D eigenvalue weighted by Crippen LogP contribution is -2.03. The summed E-state index contributed by atoms with van der Waals surface area (Å²) in [4.78, 5) is 5.60. The smallest absolute Gasteiger partial charge is 0.142 e. The largest absolute Gasteiger partial charge is 0.497 e. The highest BCUT2D eigenvalue weighted by Gasteiger charge is 2.17. The Bertz CT molecular complexity index is 1380. The number of hydrogen-bond donors (Lipinski definition) is 0. The number of methoxy groups -OCH3 is 1. The van der Waals surface area contributed by atoms with Gasteiger partial charge in [-0.05, 0) is 79.6 Å². The maximum atomic E-state index is 13.6. The average Bonchev–Trinajstić information content (AvgIpc) is 3.21. The Balaban J connectivity index is 1.71. The number of nitrogens with zero attached hydrogens (tertiary/aromatic N) is 3. The molecule has 0 radical (unpaired) electrons. The molecule has 0 saturated carbocycles. The first-order valence-electron chi connectivity index (χ1n) is 10.8. The van der Waals surface area contributed by atoms with E-state index >= 15 is 0 Å². The highest BCUT2D eigenvalue weighted by atomic mass is 19.1. The van der Waals surface area contributed by atoms with E-state index in [4.69, 9.17) is 14.8 Å². The zero-order valence-corrected chi connectivity index (χ0v) is 19.2. The lowest BCUT2D eigenvalue weighted by molar-refractivity contribution is 0.130. The van der Waals surface area contributed by atoms with Crippen LogP contribution in [0.2, 0.25) is 0 Å². The van der Waals surface area contributed by atoms with Crippen LogP contribution in [0.4, 0.5) is 4.39 Å². The maximum Gasteiger partial charge on any atom is 0.142 e. The summed E-state index contributed by atoms with van der Waals surface area (Å²) in [5.74, 6) is 0.456. The minimum Gasteiger partial charge on any atom is -0.497 e. The molecule has 5 nitrogen and oxygen atoms in total. The topological polar surface area (TPSA) is 59.5 Å². The molecule has 3 aromatic carbocycles. The summed E-state index contributed by atoms with van der Waals surface area (Å²) in [6.45, 7) is 4.16. The Kier molecular flexibility index (Phi) is 6.74. The lowest BCUT2D eigenvalue weighted by atomic mass is 10.1. The van der Waals surface area contributed by atoms with Gasteiger partial charge in [0, 0.05) is 23.0 Å². The first-order valence-corrected chi connectivity index (χ1v) is 10.8. The first kappa shape index (κ1) is 22.8. The summed E-state index contributed by atoms with van der Waals surface area (Å²) < 4.78 is 21.1. The molecule has 0 spiro atoms. The molecule has 0 unspecified atom stereocenters. The van der Waals surface area contributed by atoms with Gasteiger partial charge >= 0.3 is 0 Å². The Morgan fingerprint density at radius 3 is 2.53 bits per heavy atom. The second kappa shape index (κ2) is 10.1. The van der Waals surface area contributed by atoms with Crippen molar-refractivity contribution in [3.8, 4) is 28.8 Å². The molecular weight excluding hydrogens is 429 g/mol. The summed E-state index contributed by atoms with van der Waals surface area (Å²) in [5.41, 5.74) is 6.73. The zero-order chi connectivity index (χ0) is 24.1. The summed E-state index contributed by atoms with van der Waals surface area (Å²) >= 11 is 0. The Morgan fingerprint density at radius 1 is 1.03 bits per heavy atom. The monoisotopic (exact) mass is 453 g/mol. The van der Waals surface area contributed by atoms with E-state index in [9.17, 15) is 4.39 Å². The van der Waals surface area contributed by atoms with Crippen molar-refractivity contribution < 1.29 is 14.0 Å². The number of rotatable bonds is 7. The van der Waals surface area contributed by atoms with Crippen molar-refractivity contribution in [3.05, 3.63) is 107 Å². The Morgan fingerprint density at radius 2 is 1.79 bits per heavy atom. The SMILES string of the molecule is COc1cccc(-n2c(-c3ccc(F)cc3)cc(/C(C)=N\OCc3cccc(C#N)c3)c2C)c1. The number of halogens is 1. The van der Waals surface area contributed by atoms with Gasteiger partial charge in [0.25, 0.3) is 0 Å². The second-order valence-corrected chi connectivity index (χ2v) is 7.83. The van der Waals surface area contributed by atoms with Crippen molar-refractivity contribution in [2.45, 2.75) is 20.5 Å². The fraction of sp³-hybridized carbons (Fsp3) is 0.143. The van der Waals surface area contributed by atoms with Gasteiger partial charge in [0.2, 0.25) is 0 Å². The van der Waals surface area contributed by atoms with Crippen molar-refractivity contribution in [2.24, 2.45) is 5.16 Å². The van der Waals surface area contributed by atoms with Crippen LogP contribution in [-0.4, -0.2) is 17.4 Å². The van der Waals surface area contributed by atoms with Gasteiger partial charge in [-0.2, -0.15) is 5.26 Å². The molecule has 0 atom stereocenters. The summed E-state index contributed by atoms with van der Waals surface area (Å²) in [7, 11) is 1.63. The highest BCUT2D eigenvalue weighted by Crippen LogP contribution is 2.31. The van der Waals surface area contributed by atoms with Gasteiger partial charge in [0.15, 0.2) is 0 Å². The molecule has 0 aliphatic carbocycles. The molecule has 170 valence electrons. The van der Waals surface area contributed by atoms with Crippen molar-refractivity contribution in [1.82, 2.24) is 4.57 Å². The minimum atomic E-state index is -0.285. The van der Waals surface area contributed by atoms with Crippen LogP contribution in [0.5, 0.6) is 5.75 Å². The average molecular weight is 454 g/mol. The number of hydrogen-bond acceptors (Lipinski definition) is 4. The number of benzene rings is 3. The van der Waals surface area contributed by atoms with Crippen LogP contribution in [0, 0.1) is 24.1 Å². The molecule has 0 amide bonds. The highest BCUT2D eigenvalue weighted by molar-refractivity contribution is 6.01. The number of oxime groups is 1. The van der Waals surface area contributed by atoms with Gasteiger partial charge in [-0.25, -0.2) is 4.39 Å². The van der Waals surface area contributed by atoms with Crippen LogP contribution >= 0.6 is 0 Å². The van der Waals surface area contributed by atoms with E-state index in [1.54, 1.807) is 31.4 Å². The molecule has 0 saturated heterocycles. The molecule has 6 heteroatoms. The van der Waals surface area contributed by atoms with E-state index in [0.717, 1.165) is 39.5 Å². The van der Waals surface area contributed by atoms with Crippen molar-refractivity contribution in [1.29, 1.82) is 5.26 Å². The third kappa shape index (κ3) is 4.84. The Labute approximate surface area is 198 Å². The molecule has 0 N–H and O–H groups in total. The van der Waals surface area contributed by atoms with Gasteiger partial charge in [0.1, 0.15) is 18.2 Å². The van der Waals surface area contributed by atoms with Gasteiger partial charge in [-0.1, -0.05) is 23.4 Å². The fourth-order valence-electron chi connectivity index (χ4n) is 3.87. The standard InChI is InChI=1S/C28H24FN3O2/c1-19(31-34-18-22-7-4-6-21(14-22)17-30)27-16-28(23-10-12-24(29)13-11-23)32(20(27)2)25-8-5-9-26(15-25)33-3/h4-16H,18H2,1-3H3/b31-19-. The second-order valence-electron chi connectivity index (χ2n) is 7.83. The van der Waals surface area contributed by atoms with E-state index in [0.29, 0.717) is 11.3 Å². The normalized spacial score (nSPS) is 11.2. The summed E-state index contributed by atoms with van der Waals surface area (Å²) in [6.07, 6.45) is 0. The molecule has 0 bridgehead atoms. The van der Waals surface area contributed by atoms with E-state index in [1.807, 2.05) is 56.3 Å². The predicted molar refractivity (Wildman–Crippen MR) is 131 cm³/mol. The van der Waals surface area contributed by atoms with Gasteiger partial charge in [0.05, 0.1) is 30.1 Å². The van der Waals surface area contributed by atoms with Crippen LogP contribution in [0.25, 0.3) is 16.9 Å². The summed E-state index contributed by atoms with van der Waals surface area (Å²) in [5, 5.41) is 13.4. The molecule has 0 aliphatic rings. The van der Waals surface area contributed by atoms with Crippen molar-refractivity contribution >= 4 is 5.71 Å². The molecule has 0 aliphatic heterocycles.